The number of allylic oxidation sites excluding steroid dienone is 1. The zero-order valence-corrected chi connectivity index (χ0v) is 19.5. The molecule has 0 spiro atoms. The van der Waals surface area contributed by atoms with Gasteiger partial charge in [0.05, 0.1) is 5.69 Å². The molecule has 174 valence electrons. The van der Waals surface area contributed by atoms with Crippen molar-refractivity contribution in [2.75, 3.05) is 24.4 Å². The Bertz CT molecular complexity index is 1310. The number of H-pyrrole nitrogens is 1. The molecule has 4 N–H and O–H groups in total. The first-order chi connectivity index (χ1) is 16.6. The number of anilines is 2. The van der Waals surface area contributed by atoms with Crippen LogP contribution in [0.1, 0.15) is 17.5 Å². The molecule has 3 aromatic carbocycles. The van der Waals surface area contributed by atoms with Gasteiger partial charge in [-0.15, -0.1) is 0 Å². The summed E-state index contributed by atoms with van der Waals surface area (Å²) in [5.74, 6) is 1.06. The smallest absolute Gasteiger partial charge is 0.242 e. The van der Waals surface area contributed by atoms with Crippen LogP contribution in [0.5, 0.6) is 11.5 Å². The van der Waals surface area contributed by atoms with Crippen LogP contribution < -0.4 is 15.4 Å². The molecule has 0 aliphatic rings. The molecule has 0 aliphatic carbocycles. The number of aromatic amines is 1. The Kier molecular flexibility index (Phi) is 7.56. The molecule has 0 unspecified atom stereocenters. The van der Waals surface area contributed by atoms with E-state index in [1.165, 1.54) is 5.56 Å². The summed E-state index contributed by atoms with van der Waals surface area (Å²) in [5.41, 5.74) is 5.04. The van der Waals surface area contributed by atoms with Crippen molar-refractivity contribution in [3.8, 4) is 17.2 Å². The second kappa shape index (κ2) is 11.2. The topological polar surface area (TPSA) is 100 Å². The Morgan fingerprint density at radius 3 is 2.74 bits per heavy atom. The summed E-state index contributed by atoms with van der Waals surface area (Å²) in [4.78, 5) is 0. The van der Waals surface area contributed by atoms with Crippen LogP contribution in [0.2, 0.25) is 0 Å². The van der Waals surface area contributed by atoms with Crippen molar-refractivity contribution >= 4 is 29.7 Å². The molecule has 0 amide bonds. The molecule has 1 heterocycles. The fourth-order valence-electron chi connectivity index (χ4n) is 3.48. The third kappa shape index (κ3) is 6.02. The Morgan fingerprint density at radius 2 is 1.97 bits per heavy atom. The fraction of sp³-hybridized carbons (Fsp3) is 0.160. The van der Waals surface area contributed by atoms with E-state index in [1.54, 1.807) is 16.8 Å². The van der Waals surface area contributed by atoms with Gasteiger partial charge in [0.25, 0.3) is 0 Å². The predicted octanol–water partition coefficient (Wildman–Crippen LogP) is 5.17. The molecule has 8 nitrogen and oxygen atoms in total. The molecule has 0 atom stereocenters. The lowest BCUT2D eigenvalue weighted by Crippen LogP contribution is -2.10. The van der Waals surface area contributed by atoms with Crippen LogP contribution in [-0.2, 0) is 6.42 Å². The third-order valence-electron chi connectivity index (χ3n) is 5.22. The Balaban J connectivity index is 1.34. The molecule has 0 saturated heterocycles. The van der Waals surface area contributed by atoms with Gasteiger partial charge in [-0.2, -0.15) is 5.21 Å². The summed E-state index contributed by atoms with van der Waals surface area (Å²) in [5, 5.41) is 26.2. The first-order valence-electron chi connectivity index (χ1n) is 10.9. The van der Waals surface area contributed by atoms with E-state index in [1.807, 2.05) is 55.6 Å². The molecule has 1 aromatic heterocycles. The maximum Gasteiger partial charge on any atom is 0.242 e. The van der Waals surface area contributed by atoms with Crippen LogP contribution in [0.4, 0.5) is 11.4 Å². The number of hydrogen-bond donors (Lipinski definition) is 4. The largest absolute Gasteiger partial charge is 0.508 e. The molecule has 34 heavy (non-hydrogen) atoms. The van der Waals surface area contributed by atoms with E-state index < -0.39 is 0 Å². The zero-order chi connectivity index (χ0) is 23.8. The maximum atomic E-state index is 9.39. The first kappa shape index (κ1) is 23.1. The minimum atomic E-state index is 0.273. The molecule has 0 aliphatic heterocycles. The second-order valence-corrected chi connectivity index (χ2v) is 7.90. The normalized spacial score (nSPS) is 11.0. The number of aromatic hydroxyl groups is 1. The highest BCUT2D eigenvalue weighted by Gasteiger charge is 2.05. The number of aromatic nitrogens is 4. The Labute approximate surface area is 202 Å². The summed E-state index contributed by atoms with van der Waals surface area (Å²) < 4.78 is 7.94. The minimum Gasteiger partial charge on any atom is -0.508 e. The van der Waals surface area contributed by atoms with Crippen molar-refractivity contribution in [2.45, 2.75) is 12.8 Å². The molecule has 4 rings (SSSR count). The number of phenols is 1. The molecule has 0 saturated carbocycles. The van der Waals surface area contributed by atoms with E-state index in [4.69, 9.17) is 17.0 Å². The number of rotatable bonds is 10. The standard InChI is InChI=1S/C25H26N6O2S/c1-26-24-14-13-23(15-19(24)6-3-2-5-18-9-11-22(32)12-10-18)33-17-27-20-7-4-8-21(16-20)31-25(34)28-29-30-31/h2,4-5,7-16,26-27,32H,3,6,17H2,1H3,(H,28,30,34)/b5-2+. The van der Waals surface area contributed by atoms with E-state index in [-0.39, 0.29) is 5.75 Å². The van der Waals surface area contributed by atoms with Gasteiger partial charge in [-0.05, 0) is 84.7 Å². The lowest BCUT2D eigenvalue weighted by Gasteiger charge is -2.13. The molecule has 0 fully saturated rings. The predicted molar refractivity (Wildman–Crippen MR) is 137 cm³/mol. The van der Waals surface area contributed by atoms with Crippen molar-refractivity contribution in [1.82, 2.24) is 20.2 Å². The second-order valence-electron chi connectivity index (χ2n) is 7.54. The highest BCUT2D eigenvalue weighted by molar-refractivity contribution is 7.71. The van der Waals surface area contributed by atoms with Crippen molar-refractivity contribution in [3.05, 3.63) is 88.7 Å². The molecule has 0 bridgehead atoms. The quantitative estimate of drug-likeness (QED) is 0.186. The number of nitrogens with one attached hydrogen (secondary N) is 3. The number of nitrogens with zero attached hydrogens (tertiary/aromatic N) is 3. The Hall–Kier alpha value is -4.11. The van der Waals surface area contributed by atoms with Crippen molar-refractivity contribution in [3.63, 3.8) is 0 Å². The maximum absolute atomic E-state index is 9.39. The monoisotopic (exact) mass is 474 g/mol. The van der Waals surface area contributed by atoms with Gasteiger partial charge in [0, 0.05) is 18.4 Å². The van der Waals surface area contributed by atoms with E-state index >= 15 is 0 Å². The Morgan fingerprint density at radius 1 is 1.12 bits per heavy atom. The minimum absolute atomic E-state index is 0.273. The van der Waals surface area contributed by atoms with Gasteiger partial charge in [-0.3, -0.25) is 0 Å². The van der Waals surface area contributed by atoms with Crippen LogP contribution in [-0.4, -0.2) is 39.1 Å². The molecule has 9 heteroatoms. The lowest BCUT2D eigenvalue weighted by molar-refractivity contribution is 0.346. The number of phenolic OH excluding ortho intramolecular Hbond substituents is 1. The van der Waals surface area contributed by atoms with Gasteiger partial charge in [-0.25, -0.2) is 4.68 Å². The number of tetrazole rings is 1. The van der Waals surface area contributed by atoms with Crippen LogP contribution in [0.25, 0.3) is 11.8 Å². The van der Waals surface area contributed by atoms with Crippen molar-refractivity contribution in [2.24, 2.45) is 0 Å². The van der Waals surface area contributed by atoms with Gasteiger partial charge in [0.1, 0.15) is 11.5 Å². The first-order valence-corrected chi connectivity index (χ1v) is 11.3. The zero-order valence-electron chi connectivity index (χ0n) is 18.7. The molecule has 0 radical (unpaired) electrons. The molecule has 4 aromatic rings. The van der Waals surface area contributed by atoms with Gasteiger partial charge >= 0.3 is 0 Å². The van der Waals surface area contributed by atoms with Crippen LogP contribution in [0, 0.1) is 4.77 Å². The fourth-order valence-corrected chi connectivity index (χ4v) is 3.66. The van der Waals surface area contributed by atoms with Crippen LogP contribution in [0.15, 0.2) is 72.8 Å². The van der Waals surface area contributed by atoms with Gasteiger partial charge in [0.15, 0.2) is 6.73 Å². The summed E-state index contributed by atoms with van der Waals surface area (Å²) >= 11 is 5.16. The molecular weight excluding hydrogens is 448 g/mol. The van der Waals surface area contributed by atoms with Gasteiger partial charge < -0.3 is 20.5 Å². The highest BCUT2D eigenvalue weighted by Crippen LogP contribution is 2.24. The van der Waals surface area contributed by atoms with Crippen LogP contribution >= 0.6 is 12.2 Å². The molecular formula is C25H26N6O2S. The average Bonchev–Trinajstić information content (AvgIpc) is 3.29. The van der Waals surface area contributed by atoms with Gasteiger partial charge in [0.2, 0.25) is 4.77 Å². The third-order valence-corrected chi connectivity index (χ3v) is 5.49. The average molecular weight is 475 g/mol. The number of ether oxygens (including phenoxy) is 1. The summed E-state index contributed by atoms with van der Waals surface area (Å²) in [6.45, 7) is 0.315. The van der Waals surface area contributed by atoms with Crippen molar-refractivity contribution in [1.29, 1.82) is 0 Å². The highest BCUT2D eigenvalue weighted by atomic mass is 32.1. The number of benzene rings is 3. The summed E-state index contributed by atoms with van der Waals surface area (Å²) in [7, 11) is 1.92. The van der Waals surface area contributed by atoms with E-state index in [2.05, 4.69) is 44.4 Å². The summed E-state index contributed by atoms with van der Waals surface area (Å²) in [6, 6.07) is 20.9. The van der Waals surface area contributed by atoms with Crippen LogP contribution in [0.3, 0.4) is 0 Å². The lowest BCUT2D eigenvalue weighted by atomic mass is 10.1. The van der Waals surface area contributed by atoms with Crippen molar-refractivity contribution < 1.29 is 9.84 Å². The SMILES string of the molecule is CNc1ccc(OCNc2cccc(-n3[nH]nnc3=S)c2)cc1CC/C=C/c1ccc(O)cc1. The van der Waals surface area contributed by atoms with E-state index in [9.17, 15) is 5.11 Å². The number of hydrogen-bond acceptors (Lipinski definition) is 7. The van der Waals surface area contributed by atoms with E-state index in [0.717, 1.165) is 41.2 Å². The number of aryl methyl sites for hydroxylation is 1. The summed E-state index contributed by atoms with van der Waals surface area (Å²) in [6.07, 6.45) is 5.95. The van der Waals surface area contributed by atoms with E-state index in [0.29, 0.717) is 11.5 Å². The van der Waals surface area contributed by atoms with Gasteiger partial charge in [-0.1, -0.05) is 40.7 Å².